The minimum absolute atomic E-state index is 0.588. The fourth-order valence-corrected chi connectivity index (χ4v) is 2.07. The number of tetrazole rings is 1. The standard InChI is InChI=1S/C14H21N5O2/c1-3-21-13-9-11(8-12(15)10-13)14-16-17-18-19(14)6-4-5-7-20-2/h8-10H,3-7,15H2,1-2H3. The summed E-state index contributed by atoms with van der Waals surface area (Å²) in [7, 11) is 1.70. The van der Waals surface area contributed by atoms with E-state index in [0.717, 1.165) is 37.3 Å². The zero-order valence-corrected chi connectivity index (χ0v) is 12.5. The maximum absolute atomic E-state index is 5.91. The highest BCUT2D eigenvalue weighted by molar-refractivity contribution is 5.64. The van der Waals surface area contributed by atoms with Crippen molar-refractivity contribution in [2.45, 2.75) is 26.3 Å². The molecule has 0 fully saturated rings. The lowest BCUT2D eigenvalue weighted by Gasteiger charge is -2.08. The lowest BCUT2D eigenvalue weighted by Crippen LogP contribution is -2.05. The first-order valence-corrected chi connectivity index (χ1v) is 7.03. The zero-order valence-electron chi connectivity index (χ0n) is 12.5. The van der Waals surface area contributed by atoms with Gasteiger partial charge in [-0.05, 0) is 42.3 Å². The Morgan fingerprint density at radius 1 is 1.24 bits per heavy atom. The summed E-state index contributed by atoms with van der Waals surface area (Å²) in [4.78, 5) is 0. The predicted octanol–water partition coefficient (Wildman–Crippen LogP) is 1.75. The largest absolute Gasteiger partial charge is 0.494 e. The lowest BCUT2D eigenvalue weighted by atomic mass is 10.1. The van der Waals surface area contributed by atoms with Crippen LogP contribution in [0.25, 0.3) is 11.4 Å². The summed E-state index contributed by atoms with van der Waals surface area (Å²) >= 11 is 0. The molecule has 0 saturated carbocycles. The van der Waals surface area contributed by atoms with E-state index in [2.05, 4.69) is 15.5 Å². The second-order valence-corrected chi connectivity index (χ2v) is 4.65. The minimum atomic E-state index is 0.588. The first kappa shape index (κ1) is 15.2. The van der Waals surface area contributed by atoms with E-state index in [4.69, 9.17) is 15.2 Å². The molecule has 0 aliphatic heterocycles. The second-order valence-electron chi connectivity index (χ2n) is 4.65. The van der Waals surface area contributed by atoms with Crippen LogP contribution in [0.15, 0.2) is 18.2 Å². The van der Waals surface area contributed by atoms with E-state index in [9.17, 15) is 0 Å². The van der Waals surface area contributed by atoms with Gasteiger partial charge >= 0.3 is 0 Å². The van der Waals surface area contributed by atoms with Crippen molar-refractivity contribution in [3.63, 3.8) is 0 Å². The average Bonchev–Trinajstić information content (AvgIpc) is 2.92. The van der Waals surface area contributed by atoms with Gasteiger partial charge in [-0.15, -0.1) is 5.10 Å². The van der Waals surface area contributed by atoms with Gasteiger partial charge in [-0.3, -0.25) is 0 Å². The molecule has 1 heterocycles. The highest BCUT2D eigenvalue weighted by Crippen LogP contribution is 2.25. The van der Waals surface area contributed by atoms with Gasteiger partial charge in [0, 0.05) is 37.6 Å². The Hall–Kier alpha value is -2.15. The number of methoxy groups -OCH3 is 1. The molecule has 0 aliphatic carbocycles. The normalized spacial score (nSPS) is 10.8. The number of rotatable bonds is 8. The van der Waals surface area contributed by atoms with Crippen LogP contribution < -0.4 is 10.5 Å². The van der Waals surface area contributed by atoms with Gasteiger partial charge in [0.2, 0.25) is 0 Å². The fraction of sp³-hybridized carbons (Fsp3) is 0.500. The Bertz CT molecular complexity index is 570. The molecule has 0 unspecified atom stereocenters. The average molecular weight is 291 g/mol. The second kappa shape index (κ2) is 7.58. The number of hydrogen-bond donors (Lipinski definition) is 1. The molecule has 0 atom stereocenters. The molecule has 7 nitrogen and oxygen atoms in total. The maximum Gasteiger partial charge on any atom is 0.182 e. The highest BCUT2D eigenvalue weighted by atomic mass is 16.5. The van der Waals surface area contributed by atoms with Crippen molar-refractivity contribution in [3.05, 3.63) is 18.2 Å². The Kier molecular flexibility index (Phi) is 5.51. The van der Waals surface area contributed by atoms with Gasteiger partial charge in [0.1, 0.15) is 5.75 Å². The monoisotopic (exact) mass is 291 g/mol. The third kappa shape index (κ3) is 4.16. The topological polar surface area (TPSA) is 88.1 Å². The van der Waals surface area contributed by atoms with Gasteiger partial charge in [0.25, 0.3) is 0 Å². The van der Waals surface area contributed by atoms with Crippen molar-refractivity contribution in [3.8, 4) is 17.1 Å². The summed E-state index contributed by atoms with van der Waals surface area (Å²) in [5, 5.41) is 11.9. The first-order chi connectivity index (χ1) is 10.2. The van der Waals surface area contributed by atoms with E-state index in [1.807, 2.05) is 19.1 Å². The van der Waals surface area contributed by atoms with Gasteiger partial charge in [0.15, 0.2) is 5.82 Å². The van der Waals surface area contributed by atoms with Crippen molar-refractivity contribution in [2.24, 2.45) is 0 Å². The molecule has 1 aromatic heterocycles. The molecule has 2 aromatic rings. The van der Waals surface area contributed by atoms with E-state index in [-0.39, 0.29) is 0 Å². The molecule has 0 spiro atoms. The number of aryl methyl sites for hydroxylation is 1. The van der Waals surface area contributed by atoms with E-state index < -0.39 is 0 Å². The molecule has 0 saturated heterocycles. The molecule has 0 aliphatic rings. The van der Waals surface area contributed by atoms with Crippen LogP contribution in [0, 0.1) is 0 Å². The Morgan fingerprint density at radius 2 is 2.10 bits per heavy atom. The summed E-state index contributed by atoms with van der Waals surface area (Å²) in [6, 6.07) is 5.54. The van der Waals surface area contributed by atoms with Crippen LogP contribution in [-0.4, -0.2) is 40.5 Å². The molecule has 1 aromatic carbocycles. The van der Waals surface area contributed by atoms with Crippen LogP contribution >= 0.6 is 0 Å². The van der Waals surface area contributed by atoms with Crippen LogP contribution in [0.3, 0.4) is 0 Å². The van der Waals surface area contributed by atoms with Crippen molar-refractivity contribution in [2.75, 3.05) is 26.1 Å². The summed E-state index contributed by atoms with van der Waals surface area (Å²) in [5.74, 6) is 1.42. The smallest absolute Gasteiger partial charge is 0.182 e. The fourth-order valence-electron chi connectivity index (χ4n) is 2.07. The van der Waals surface area contributed by atoms with Crippen LogP contribution in [0.1, 0.15) is 19.8 Å². The van der Waals surface area contributed by atoms with Crippen LogP contribution in [0.2, 0.25) is 0 Å². The number of nitrogen functional groups attached to an aromatic ring is 1. The van der Waals surface area contributed by atoms with Gasteiger partial charge in [-0.2, -0.15) is 0 Å². The molecule has 21 heavy (non-hydrogen) atoms. The van der Waals surface area contributed by atoms with Crippen molar-refractivity contribution < 1.29 is 9.47 Å². The third-order valence-corrected chi connectivity index (χ3v) is 3.00. The Balaban J connectivity index is 2.16. The molecular formula is C14H21N5O2. The zero-order chi connectivity index (χ0) is 15.1. The van der Waals surface area contributed by atoms with Gasteiger partial charge in [0.05, 0.1) is 6.61 Å². The number of nitrogens with two attached hydrogens (primary N) is 1. The van der Waals surface area contributed by atoms with Crippen molar-refractivity contribution in [1.82, 2.24) is 20.2 Å². The molecule has 2 rings (SSSR count). The first-order valence-electron chi connectivity index (χ1n) is 7.03. The number of ether oxygens (including phenoxy) is 2. The quantitative estimate of drug-likeness (QED) is 0.589. The molecule has 2 N–H and O–H groups in total. The number of nitrogens with zero attached hydrogens (tertiary/aromatic N) is 4. The molecular weight excluding hydrogens is 270 g/mol. The van der Waals surface area contributed by atoms with Crippen LogP contribution in [0.5, 0.6) is 5.75 Å². The SMILES string of the molecule is CCOc1cc(N)cc(-c2nnnn2CCCCOC)c1. The number of benzene rings is 1. The van der Waals surface area contributed by atoms with Crippen molar-refractivity contribution in [1.29, 1.82) is 0 Å². The Labute approximate surface area is 124 Å². The van der Waals surface area contributed by atoms with Gasteiger partial charge in [-0.1, -0.05) is 0 Å². The summed E-state index contributed by atoms with van der Waals surface area (Å²) in [6.07, 6.45) is 1.92. The van der Waals surface area contributed by atoms with E-state index in [1.54, 1.807) is 17.9 Å². The number of unbranched alkanes of at least 4 members (excludes halogenated alkanes) is 1. The van der Waals surface area contributed by atoms with Gasteiger partial charge in [-0.25, -0.2) is 4.68 Å². The number of hydrogen-bond acceptors (Lipinski definition) is 6. The molecule has 0 bridgehead atoms. The molecule has 114 valence electrons. The van der Waals surface area contributed by atoms with E-state index in [1.165, 1.54) is 0 Å². The van der Waals surface area contributed by atoms with Crippen LogP contribution in [0.4, 0.5) is 5.69 Å². The lowest BCUT2D eigenvalue weighted by molar-refractivity contribution is 0.191. The number of aromatic nitrogens is 4. The molecule has 0 amide bonds. The summed E-state index contributed by atoms with van der Waals surface area (Å²) < 4.78 is 12.3. The van der Waals surface area contributed by atoms with Crippen LogP contribution in [-0.2, 0) is 11.3 Å². The highest BCUT2D eigenvalue weighted by Gasteiger charge is 2.11. The van der Waals surface area contributed by atoms with E-state index >= 15 is 0 Å². The molecule has 0 radical (unpaired) electrons. The van der Waals surface area contributed by atoms with Gasteiger partial charge < -0.3 is 15.2 Å². The minimum Gasteiger partial charge on any atom is -0.494 e. The number of anilines is 1. The van der Waals surface area contributed by atoms with Crippen molar-refractivity contribution >= 4 is 5.69 Å². The summed E-state index contributed by atoms with van der Waals surface area (Å²) in [5.41, 5.74) is 7.40. The molecule has 7 heteroatoms. The predicted molar refractivity (Wildman–Crippen MR) is 79.9 cm³/mol. The van der Waals surface area contributed by atoms with E-state index in [0.29, 0.717) is 18.1 Å². The third-order valence-electron chi connectivity index (χ3n) is 3.00. The Morgan fingerprint density at radius 3 is 2.86 bits per heavy atom. The summed E-state index contributed by atoms with van der Waals surface area (Å²) in [6.45, 7) is 4.00. The maximum atomic E-state index is 5.91.